The first-order chi connectivity index (χ1) is 7.88. The number of aromatic carboxylic acids is 1. The van der Waals surface area contributed by atoms with Gasteiger partial charge >= 0.3 is 11.9 Å². The summed E-state index contributed by atoms with van der Waals surface area (Å²) >= 11 is 0. The van der Waals surface area contributed by atoms with E-state index in [4.69, 9.17) is 5.11 Å². The number of rotatable bonds is 3. The van der Waals surface area contributed by atoms with Crippen molar-refractivity contribution in [2.45, 2.75) is 6.10 Å². The number of aliphatic hydroxyl groups is 1. The largest absolute Gasteiger partial charge is 0.478 e. The molecule has 0 amide bonds. The summed E-state index contributed by atoms with van der Waals surface area (Å²) in [4.78, 5) is 21.5. The van der Waals surface area contributed by atoms with Crippen LogP contribution in [0.3, 0.4) is 0 Å². The first-order valence-electron chi connectivity index (χ1n) is 4.36. The van der Waals surface area contributed by atoms with E-state index in [0.717, 1.165) is 7.11 Å². The molecule has 0 fully saturated rings. The van der Waals surface area contributed by atoms with Gasteiger partial charge in [-0.3, -0.25) is 0 Å². The van der Waals surface area contributed by atoms with Crippen LogP contribution < -0.4 is 0 Å². The van der Waals surface area contributed by atoms with Gasteiger partial charge in [0.15, 0.2) is 6.10 Å². The number of carboxylic acids is 1. The number of carbonyl (C=O) groups excluding carboxylic acids is 1. The molecule has 0 radical (unpaired) electrons. The molecule has 0 saturated heterocycles. The molecule has 1 unspecified atom stereocenters. The molecule has 0 saturated carbocycles. The maximum atomic E-state index is 13.2. The fourth-order valence-electron chi connectivity index (χ4n) is 1.18. The molecule has 0 heterocycles. The van der Waals surface area contributed by atoms with Crippen molar-refractivity contribution in [1.29, 1.82) is 0 Å². The predicted molar refractivity (Wildman–Crippen MR) is 50.3 cm³/mol. The molecule has 1 rings (SSSR count). The van der Waals surface area contributed by atoms with Crippen molar-refractivity contribution >= 4 is 11.9 Å². The highest BCUT2D eigenvalue weighted by molar-refractivity contribution is 5.88. The Morgan fingerprint density at radius 1 is 1.29 bits per heavy atom. The monoisotopic (exact) mass is 246 g/mol. The number of ether oxygens (including phenoxy) is 1. The Bertz CT molecular complexity index is 472. The van der Waals surface area contributed by atoms with Crippen molar-refractivity contribution in [3.05, 3.63) is 34.9 Å². The first kappa shape index (κ1) is 13.0. The van der Waals surface area contributed by atoms with Crippen LogP contribution in [0.15, 0.2) is 12.1 Å². The van der Waals surface area contributed by atoms with E-state index in [1.807, 2.05) is 0 Å². The lowest BCUT2D eigenvalue weighted by Gasteiger charge is -2.10. The zero-order valence-corrected chi connectivity index (χ0v) is 8.61. The van der Waals surface area contributed by atoms with E-state index >= 15 is 0 Å². The summed E-state index contributed by atoms with van der Waals surface area (Å²) in [5.41, 5.74) is -1.50. The van der Waals surface area contributed by atoms with E-state index in [0.29, 0.717) is 6.07 Å². The number of hydrogen-bond acceptors (Lipinski definition) is 4. The predicted octanol–water partition coefficient (Wildman–Crippen LogP) is 0.869. The molecule has 0 aromatic heterocycles. The van der Waals surface area contributed by atoms with Crippen LogP contribution in [0.1, 0.15) is 22.0 Å². The van der Waals surface area contributed by atoms with Crippen LogP contribution >= 0.6 is 0 Å². The molecule has 0 spiro atoms. The molecule has 0 bridgehead atoms. The number of methoxy groups -OCH3 is 1. The van der Waals surface area contributed by atoms with Crippen molar-refractivity contribution in [1.82, 2.24) is 0 Å². The highest BCUT2D eigenvalue weighted by Crippen LogP contribution is 2.22. The number of esters is 1. The van der Waals surface area contributed by atoms with Gasteiger partial charge in [0.2, 0.25) is 0 Å². The van der Waals surface area contributed by atoms with Crippen LogP contribution in [-0.4, -0.2) is 29.3 Å². The summed E-state index contributed by atoms with van der Waals surface area (Å²) < 4.78 is 30.4. The third-order valence-electron chi connectivity index (χ3n) is 2.04. The average Bonchev–Trinajstić information content (AvgIpc) is 2.26. The Kier molecular flexibility index (Phi) is 3.74. The number of halogens is 2. The molecule has 17 heavy (non-hydrogen) atoms. The van der Waals surface area contributed by atoms with Crippen molar-refractivity contribution in [3.63, 3.8) is 0 Å². The molecule has 0 aliphatic rings. The smallest absolute Gasteiger partial charge is 0.339 e. The zero-order chi connectivity index (χ0) is 13.2. The number of aliphatic hydroxyl groups excluding tert-OH is 1. The molecule has 1 aromatic rings. The van der Waals surface area contributed by atoms with E-state index in [1.54, 1.807) is 0 Å². The van der Waals surface area contributed by atoms with Crippen LogP contribution in [0.5, 0.6) is 0 Å². The summed E-state index contributed by atoms with van der Waals surface area (Å²) in [5, 5.41) is 17.9. The Labute approximate surface area is 94.2 Å². The molecule has 1 aromatic carbocycles. The fourth-order valence-corrected chi connectivity index (χ4v) is 1.18. The molecular weight excluding hydrogens is 238 g/mol. The van der Waals surface area contributed by atoms with Crippen molar-refractivity contribution in [2.24, 2.45) is 0 Å². The second-order valence-corrected chi connectivity index (χ2v) is 3.08. The molecule has 92 valence electrons. The lowest BCUT2D eigenvalue weighted by Crippen LogP contribution is -2.16. The van der Waals surface area contributed by atoms with E-state index in [1.165, 1.54) is 0 Å². The normalized spacial score (nSPS) is 12.0. The minimum Gasteiger partial charge on any atom is -0.478 e. The molecule has 2 N–H and O–H groups in total. The topological polar surface area (TPSA) is 83.8 Å². The van der Waals surface area contributed by atoms with Crippen LogP contribution in [0.4, 0.5) is 8.78 Å². The first-order valence-corrected chi connectivity index (χ1v) is 4.36. The highest BCUT2D eigenvalue weighted by Gasteiger charge is 2.25. The molecule has 7 heteroatoms. The van der Waals surface area contributed by atoms with Gasteiger partial charge in [-0.15, -0.1) is 0 Å². The van der Waals surface area contributed by atoms with Gasteiger partial charge in [-0.05, 0) is 6.07 Å². The second-order valence-electron chi connectivity index (χ2n) is 3.08. The van der Waals surface area contributed by atoms with E-state index in [9.17, 15) is 23.5 Å². The minimum absolute atomic E-state index is 0.283. The summed E-state index contributed by atoms with van der Waals surface area (Å²) in [5.74, 6) is -5.34. The van der Waals surface area contributed by atoms with Crippen LogP contribution in [0.2, 0.25) is 0 Å². The third kappa shape index (κ3) is 2.56. The van der Waals surface area contributed by atoms with Crippen molar-refractivity contribution in [2.75, 3.05) is 7.11 Å². The fraction of sp³-hybridized carbons (Fsp3) is 0.200. The SMILES string of the molecule is COC(=O)C(O)c1cc(C(=O)O)c(F)cc1F. The van der Waals surface area contributed by atoms with Crippen LogP contribution in [0.25, 0.3) is 0 Å². The lowest BCUT2D eigenvalue weighted by atomic mass is 10.0. The number of carbonyl (C=O) groups is 2. The second kappa shape index (κ2) is 4.88. The minimum atomic E-state index is -2.00. The number of hydrogen-bond donors (Lipinski definition) is 2. The van der Waals surface area contributed by atoms with E-state index in [2.05, 4.69) is 4.74 Å². The highest BCUT2D eigenvalue weighted by atomic mass is 19.1. The van der Waals surface area contributed by atoms with Gasteiger partial charge in [0.05, 0.1) is 12.7 Å². The maximum Gasteiger partial charge on any atom is 0.339 e. The van der Waals surface area contributed by atoms with Crippen LogP contribution in [-0.2, 0) is 9.53 Å². The summed E-state index contributed by atoms with van der Waals surface area (Å²) in [6.07, 6.45) is -2.00. The van der Waals surface area contributed by atoms with Crippen LogP contribution in [0, 0.1) is 11.6 Å². The molecule has 0 aliphatic heterocycles. The van der Waals surface area contributed by atoms with Gasteiger partial charge in [-0.25, -0.2) is 18.4 Å². The van der Waals surface area contributed by atoms with E-state index < -0.39 is 40.8 Å². The maximum absolute atomic E-state index is 13.2. The van der Waals surface area contributed by atoms with Gasteiger partial charge in [0, 0.05) is 11.6 Å². The van der Waals surface area contributed by atoms with Crippen molar-refractivity contribution < 1.29 is 33.3 Å². The Balaban J connectivity index is 3.29. The van der Waals surface area contributed by atoms with Crippen molar-refractivity contribution in [3.8, 4) is 0 Å². The summed E-state index contributed by atoms with van der Waals surface area (Å²) in [6, 6.07) is 0.833. The van der Waals surface area contributed by atoms with Gasteiger partial charge < -0.3 is 14.9 Å². The van der Waals surface area contributed by atoms with E-state index in [-0.39, 0.29) is 6.07 Å². The molecule has 5 nitrogen and oxygen atoms in total. The van der Waals surface area contributed by atoms with Gasteiger partial charge in [0.1, 0.15) is 11.6 Å². The third-order valence-corrected chi connectivity index (χ3v) is 2.04. The summed E-state index contributed by atoms with van der Waals surface area (Å²) in [7, 11) is 0.963. The molecular formula is C10H8F2O5. The molecule has 0 aliphatic carbocycles. The molecule has 1 atom stereocenters. The Morgan fingerprint density at radius 3 is 2.35 bits per heavy atom. The van der Waals surface area contributed by atoms with Gasteiger partial charge in [0.25, 0.3) is 0 Å². The van der Waals surface area contributed by atoms with Gasteiger partial charge in [-0.2, -0.15) is 0 Å². The lowest BCUT2D eigenvalue weighted by molar-refractivity contribution is -0.150. The zero-order valence-electron chi connectivity index (χ0n) is 8.61. The number of carboxylic acid groups (broad SMARTS) is 1. The quantitative estimate of drug-likeness (QED) is 0.773. The van der Waals surface area contributed by atoms with Gasteiger partial charge in [-0.1, -0.05) is 0 Å². The standard InChI is InChI=1S/C10H8F2O5/c1-17-10(16)8(13)4-2-5(9(14)15)7(12)3-6(4)11/h2-3,8,13H,1H3,(H,14,15). The Morgan fingerprint density at radius 2 is 1.88 bits per heavy atom. The summed E-state index contributed by atoms with van der Waals surface area (Å²) in [6.45, 7) is 0. The Hall–Kier alpha value is -2.02. The number of benzene rings is 1. The average molecular weight is 246 g/mol.